The Hall–Kier alpha value is -2.77. The Labute approximate surface area is 194 Å². The number of amides is 1. The molecule has 0 bridgehead atoms. The molecule has 0 saturated carbocycles. The van der Waals surface area contributed by atoms with Crippen molar-refractivity contribution in [2.75, 3.05) is 6.61 Å². The Morgan fingerprint density at radius 1 is 1.13 bits per heavy atom. The second kappa shape index (κ2) is 9.16. The summed E-state index contributed by atoms with van der Waals surface area (Å²) in [4.78, 5) is 17.7. The van der Waals surface area contributed by atoms with Gasteiger partial charge in [-0.1, -0.05) is 15.9 Å². The fourth-order valence-electron chi connectivity index (χ4n) is 3.44. The minimum Gasteiger partial charge on any atom is -0.494 e. The Balaban J connectivity index is 1.59. The van der Waals surface area contributed by atoms with Crippen molar-refractivity contribution in [1.29, 1.82) is 0 Å². The highest BCUT2D eigenvalue weighted by Gasteiger charge is 2.24. The van der Waals surface area contributed by atoms with Gasteiger partial charge in [0, 0.05) is 21.5 Å². The molecule has 0 atom stereocenters. The van der Waals surface area contributed by atoms with Gasteiger partial charge >= 0.3 is 0 Å². The molecule has 7 heteroatoms. The van der Waals surface area contributed by atoms with E-state index in [0.29, 0.717) is 16.7 Å². The number of amidine groups is 1. The van der Waals surface area contributed by atoms with Gasteiger partial charge in [0.15, 0.2) is 5.17 Å². The number of aromatic nitrogens is 1. The summed E-state index contributed by atoms with van der Waals surface area (Å²) in [5.41, 5.74) is 5.03. The molecule has 31 heavy (non-hydrogen) atoms. The third-order valence-electron chi connectivity index (χ3n) is 4.87. The Morgan fingerprint density at radius 2 is 1.84 bits per heavy atom. The number of thioether (sulfide) groups is 1. The normalized spacial score (nSPS) is 16.2. The van der Waals surface area contributed by atoms with Crippen LogP contribution in [0.5, 0.6) is 5.75 Å². The highest BCUT2D eigenvalue weighted by Crippen LogP contribution is 2.31. The molecule has 1 saturated heterocycles. The SMILES string of the molecule is CCOc1ccc(-n2c(C)cc(/C=C3\SC(=Nc4ccc(Br)cc4)NC3=O)c2C)cc1. The van der Waals surface area contributed by atoms with Crippen LogP contribution in [0.1, 0.15) is 23.9 Å². The Bertz CT molecular complexity index is 1180. The van der Waals surface area contributed by atoms with Crippen molar-refractivity contribution in [3.8, 4) is 11.4 Å². The minimum atomic E-state index is -0.133. The molecule has 0 spiro atoms. The van der Waals surface area contributed by atoms with Crippen LogP contribution in [0, 0.1) is 13.8 Å². The lowest BCUT2D eigenvalue weighted by Crippen LogP contribution is -2.19. The van der Waals surface area contributed by atoms with Gasteiger partial charge in [-0.2, -0.15) is 0 Å². The van der Waals surface area contributed by atoms with E-state index in [2.05, 4.69) is 50.7 Å². The number of nitrogens with one attached hydrogen (secondary N) is 1. The Morgan fingerprint density at radius 3 is 2.52 bits per heavy atom. The zero-order valence-electron chi connectivity index (χ0n) is 17.5. The van der Waals surface area contributed by atoms with E-state index < -0.39 is 0 Å². The van der Waals surface area contributed by atoms with E-state index >= 15 is 0 Å². The van der Waals surface area contributed by atoms with E-state index in [1.54, 1.807) is 0 Å². The number of hydrogen-bond acceptors (Lipinski definition) is 4. The van der Waals surface area contributed by atoms with Gasteiger partial charge < -0.3 is 14.6 Å². The molecule has 0 aliphatic carbocycles. The van der Waals surface area contributed by atoms with Crippen molar-refractivity contribution in [1.82, 2.24) is 9.88 Å². The highest BCUT2D eigenvalue weighted by molar-refractivity contribution is 9.10. The second-order valence-corrected chi connectivity index (χ2v) is 8.99. The van der Waals surface area contributed by atoms with E-state index in [1.165, 1.54) is 11.8 Å². The van der Waals surface area contributed by atoms with Gasteiger partial charge in [-0.3, -0.25) is 4.79 Å². The van der Waals surface area contributed by atoms with Crippen LogP contribution in [0.4, 0.5) is 5.69 Å². The predicted molar refractivity (Wildman–Crippen MR) is 131 cm³/mol. The van der Waals surface area contributed by atoms with Gasteiger partial charge in [0.2, 0.25) is 0 Å². The molecule has 1 aliphatic rings. The van der Waals surface area contributed by atoms with Gasteiger partial charge in [-0.25, -0.2) is 4.99 Å². The number of aryl methyl sites for hydroxylation is 1. The summed E-state index contributed by atoms with van der Waals surface area (Å²) >= 11 is 4.77. The maximum atomic E-state index is 12.5. The zero-order chi connectivity index (χ0) is 22.0. The van der Waals surface area contributed by atoms with Crippen LogP contribution in [0.25, 0.3) is 11.8 Å². The van der Waals surface area contributed by atoms with Crippen LogP contribution in [0.3, 0.4) is 0 Å². The summed E-state index contributed by atoms with van der Waals surface area (Å²) in [6.45, 7) is 6.74. The molecule has 2 heterocycles. The highest BCUT2D eigenvalue weighted by atomic mass is 79.9. The molecule has 1 fully saturated rings. The number of aliphatic imine (C=N–C) groups is 1. The number of halogens is 1. The van der Waals surface area contributed by atoms with E-state index in [4.69, 9.17) is 4.74 Å². The van der Waals surface area contributed by atoms with Crippen LogP contribution < -0.4 is 10.1 Å². The van der Waals surface area contributed by atoms with Gasteiger partial charge in [-0.15, -0.1) is 0 Å². The largest absolute Gasteiger partial charge is 0.494 e. The number of carbonyl (C=O) groups excluding carboxylic acids is 1. The molecule has 0 unspecified atom stereocenters. The first-order valence-corrected chi connectivity index (χ1v) is 11.5. The molecular formula is C24H22BrN3O2S. The summed E-state index contributed by atoms with van der Waals surface area (Å²) < 4.78 is 8.71. The molecule has 2 aromatic carbocycles. The van der Waals surface area contributed by atoms with Gasteiger partial charge in [0.05, 0.1) is 17.2 Å². The van der Waals surface area contributed by atoms with Crippen molar-refractivity contribution in [2.24, 2.45) is 4.99 Å². The quantitative estimate of drug-likeness (QED) is 0.432. The monoisotopic (exact) mass is 495 g/mol. The number of nitrogens with zero attached hydrogens (tertiary/aromatic N) is 2. The van der Waals surface area contributed by atoms with Crippen molar-refractivity contribution < 1.29 is 9.53 Å². The third kappa shape index (κ3) is 4.78. The first-order chi connectivity index (χ1) is 14.9. The average Bonchev–Trinajstić information content (AvgIpc) is 3.23. The lowest BCUT2D eigenvalue weighted by Gasteiger charge is -2.11. The number of hydrogen-bond donors (Lipinski definition) is 1. The van der Waals surface area contributed by atoms with Crippen LogP contribution >= 0.6 is 27.7 Å². The fourth-order valence-corrected chi connectivity index (χ4v) is 4.54. The summed E-state index contributed by atoms with van der Waals surface area (Å²) in [5, 5.41) is 3.43. The molecule has 1 amide bonds. The molecule has 1 N–H and O–H groups in total. The lowest BCUT2D eigenvalue weighted by molar-refractivity contribution is -0.115. The molecule has 1 aromatic heterocycles. The van der Waals surface area contributed by atoms with Crippen LogP contribution in [-0.2, 0) is 4.79 Å². The predicted octanol–water partition coefficient (Wildman–Crippen LogP) is 6.15. The Kier molecular flexibility index (Phi) is 6.34. The molecule has 5 nitrogen and oxygen atoms in total. The third-order valence-corrected chi connectivity index (χ3v) is 6.31. The molecule has 3 aromatic rings. The van der Waals surface area contributed by atoms with Gasteiger partial charge in [0.25, 0.3) is 5.91 Å². The second-order valence-electron chi connectivity index (χ2n) is 7.05. The van der Waals surface area contributed by atoms with Crippen molar-refractivity contribution in [3.05, 3.63) is 80.9 Å². The topological polar surface area (TPSA) is 55.6 Å². The molecule has 1 aliphatic heterocycles. The molecule has 0 radical (unpaired) electrons. The number of ether oxygens (including phenoxy) is 1. The molecular weight excluding hydrogens is 474 g/mol. The van der Waals surface area contributed by atoms with Crippen LogP contribution in [-0.4, -0.2) is 22.2 Å². The van der Waals surface area contributed by atoms with E-state index in [9.17, 15) is 4.79 Å². The van der Waals surface area contributed by atoms with Crippen molar-refractivity contribution in [2.45, 2.75) is 20.8 Å². The standard InChI is InChI=1S/C24H22BrN3O2S/c1-4-30-21-11-9-20(10-12-21)28-15(2)13-17(16(28)3)14-22-23(29)27-24(31-22)26-19-7-5-18(25)6-8-19/h5-14H,4H2,1-3H3,(H,26,27,29)/b22-14-. The zero-order valence-corrected chi connectivity index (χ0v) is 19.9. The maximum Gasteiger partial charge on any atom is 0.264 e. The molecule has 4 rings (SSSR count). The van der Waals surface area contributed by atoms with Crippen molar-refractivity contribution in [3.63, 3.8) is 0 Å². The van der Waals surface area contributed by atoms with Crippen LogP contribution in [0.15, 0.2) is 69.0 Å². The van der Waals surface area contributed by atoms with E-state index in [0.717, 1.165) is 38.5 Å². The first kappa shape index (κ1) is 21.5. The first-order valence-electron chi connectivity index (χ1n) is 9.92. The van der Waals surface area contributed by atoms with Gasteiger partial charge in [-0.05, 0) is 98.8 Å². The lowest BCUT2D eigenvalue weighted by atomic mass is 10.2. The van der Waals surface area contributed by atoms with Crippen molar-refractivity contribution >= 4 is 50.5 Å². The number of carbonyl (C=O) groups is 1. The maximum absolute atomic E-state index is 12.5. The molecule has 158 valence electrons. The smallest absolute Gasteiger partial charge is 0.264 e. The van der Waals surface area contributed by atoms with Crippen LogP contribution in [0.2, 0.25) is 0 Å². The number of benzene rings is 2. The summed E-state index contributed by atoms with van der Waals surface area (Å²) in [6.07, 6.45) is 1.93. The average molecular weight is 496 g/mol. The summed E-state index contributed by atoms with van der Waals surface area (Å²) in [6, 6.07) is 17.8. The van der Waals surface area contributed by atoms with Gasteiger partial charge in [0.1, 0.15) is 5.75 Å². The summed E-state index contributed by atoms with van der Waals surface area (Å²) in [5.74, 6) is 0.722. The summed E-state index contributed by atoms with van der Waals surface area (Å²) in [7, 11) is 0. The number of rotatable bonds is 5. The fraction of sp³-hybridized carbons (Fsp3) is 0.167. The van der Waals surface area contributed by atoms with E-state index in [1.807, 2.05) is 61.5 Å². The van der Waals surface area contributed by atoms with E-state index in [-0.39, 0.29) is 5.91 Å². The minimum absolute atomic E-state index is 0.133.